The normalized spacial score (nSPS) is 22.0. The molecule has 2 amide bonds. The molecule has 0 saturated carbocycles. The molecule has 0 aromatic heterocycles. The average molecular weight is 205 g/mol. The van der Waals surface area contributed by atoms with E-state index in [1.165, 1.54) is 0 Å². The monoisotopic (exact) mass is 205 g/mol. The second-order valence-corrected chi connectivity index (χ2v) is 3.32. The number of hydrogen-bond acceptors (Lipinski definition) is 3. The molecule has 0 spiro atoms. The molecule has 1 atom stereocenters. The van der Waals surface area contributed by atoms with Crippen molar-refractivity contribution >= 4 is 11.8 Å². The lowest BCUT2D eigenvalue weighted by Crippen LogP contribution is -2.32. The Morgan fingerprint density at radius 1 is 1.20 bits per heavy atom. The van der Waals surface area contributed by atoms with Crippen LogP contribution in [-0.4, -0.2) is 18.4 Å². The van der Waals surface area contributed by atoms with Crippen molar-refractivity contribution in [3.05, 3.63) is 35.9 Å². The topological polar surface area (TPSA) is 55.4 Å². The number of ether oxygens (including phenoxy) is 1. The Morgan fingerprint density at radius 3 is 2.67 bits per heavy atom. The minimum absolute atomic E-state index is 0.231. The van der Waals surface area contributed by atoms with Crippen molar-refractivity contribution in [2.24, 2.45) is 0 Å². The predicted octanol–water partition coefficient (Wildman–Crippen LogP) is 0.791. The van der Waals surface area contributed by atoms with Crippen LogP contribution >= 0.6 is 0 Å². The van der Waals surface area contributed by atoms with Gasteiger partial charge >= 0.3 is 0 Å². The Kier molecular flexibility index (Phi) is 2.78. The van der Waals surface area contributed by atoms with E-state index in [9.17, 15) is 9.59 Å². The first-order valence-corrected chi connectivity index (χ1v) is 4.77. The molecule has 4 heteroatoms. The highest BCUT2D eigenvalue weighted by Gasteiger charge is 2.26. The van der Waals surface area contributed by atoms with E-state index < -0.39 is 6.10 Å². The fourth-order valence-electron chi connectivity index (χ4n) is 1.49. The Balaban J connectivity index is 2.21. The van der Waals surface area contributed by atoms with Crippen LogP contribution in [0, 0.1) is 0 Å². The molecular formula is C11H11NO3. The molecule has 1 heterocycles. The smallest absolute Gasteiger partial charge is 0.260 e. The van der Waals surface area contributed by atoms with Gasteiger partial charge in [-0.1, -0.05) is 30.3 Å². The van der Waals surface area contributed by atoms with Gasteiger partial charge in [-0.2, -0.15) is 0 Å². The highest BCUT2D eigenvalue weighted by atomic mass is 16.5. The van der Waals surface area contributed by atoms with Gasteiger partial charge in [0, 0.05) is 0 Å². The number of hydrogen-bond donors (Lipinski definition) is 1. The minimum Gasteiger partial charge on any atom is -0.363 e. The Labute approximate surface area is 87.2 Å². The van der Waals surface area contributed by atoms with Crippen LogP contribution < -0.4 is 5.32 Å². The number of benzene rings is 1. The number of rotatable bonds is 1. The summed E-state index contributed by atoms with van der Waals surface area (Å²) in [5.41, 5.74) is 0.768. The molecule has 1 aliphatic heterocycles. The van der Waals surface area contributed by atoms with Crippen LogP contribution in [0.2, 0.25) is 0 Å². The third kappa shape index (κ3) is 2.22. The summed E-state index contributed by atoms with van der Waals surface area (Å²) in [6, 6.07) is 9.14. The first-order valence-electron chi connectivity index (χ1n) is 4.77. The van der Waals surface area contributed by atoms with Crippen LogP contribution in [0.5, 0.6) is 0 Å². The molecule has 0 aliphatic carbocycles. The van der Waals surface area contributed by atoms with E-state index in [0.717, 1.165) is 5.56 Å². The minimum atomic E-state index is -0.669. The average Bonchev–Trinajstić information content (AvgIpc) is 2.40. The highest BCUT2D eigenvalue weighted by molar-refractivity contribution is 5.98. The zero-order valence-electron chi connectivity index (χ0n) is 8.10. The van der Waals surface area contributed by atoms with Gasteiger partial charge in [0.15, 0.2) is 6.10 Å². The molecule has 1 N–H and O–H groups in total. The van der Waals surface area contributed by atoms with Crippen molar-refractivity contribution in [1.29, 1.82) is 0 Å². The van der Waals surface area contributed by atoms with Crippen molar-refractivity contribution in [3.63, 3.8) is 0 Å². The van der Waals surface area contributed by atoms with Crippen LogP contribution in [0.25, 0.3) is 0 Å². The van der Waals surface area contributed by atoms with Gasteiger partial charge < -0.3 is 4.74 Å². The zero-order chi connectivity index (χ0) is 10.7. The second-order valence-electron chi connectivity index (χ2n) is 3.32. The molecule has 0 radical (unpaired) electrons. The van der Waals surface area contributed by atoms with E-state index in [0.29, 0.717) is 0 Å². The third-order valence-corrected chi connectivity index (χ3v) is 2.22. The summed E-state index contributed by atoms with van der Waals surface area (Å²) in [5, 5.41) is 2.29. The molecule has 1 aromatic rings. The fourth-order valence-corrected chi connectivity index (χ4v) is 1.49. The predicted molar refractivity (Wildman–Crippen MR) is 52.9 cm³/mol. The summed E-state index contributed by atoms with van der Waals surface area (Å²) in [5.74, 6) is -0.665. The van der Waals surface area contributed by atoms with Crippen molar-refractivity contribution in [1.82, 2.24) is 5.32 Å². The van der Waals surface area contributed by atoms with E-state index in [4.69, 9.17) is 4.74 Å². The summed E-state index contributed by atoms with van der Waals surface area (Å²) in [4.78, 5) is 22.6. The largest absolute Gasteiger partial charge is 0.363 e. The van der Waals surface area contributed by atoms with Gasteiger partial charge in [0.2, 0.25) is 5.91 Å². The lowest BCUT2D eigenvalue weighted by molar-refractivity contribution is -0.134. The number of nitrogens with one attached hydrogen (secondary N) is 1. The number of imide groups is 1. The SMILES string of the molecule is O=C1CCOC(c2ccccc2)C(=O)N1. The maximum atomic E-state index is 11.6. The molecule has 15 heavy (non-hydrogen) atoms. The third-order valence-electron chi connectivity index (χ3n) is 2.22. The van der Waals surface area contributed by atoms with Gasteiger partial charge in [0.05, 0.1) is 13.0 Å². The Hall–Kier alpha value is -1.68. The second kappa shape index (κ2) is 4.23. The summed E-state index contributed by atoms with van der Waals surface area (Å²) in [6.45, 7) is 0.275. The first kappa shape index (κ1) is 9.86. The quantitative estimate of drug-likeness (QED) is 0.689. The molecule has 1 unspecified atom stereocenters. The Morgan fingerprint density at radius 2 is 1.93 bits per heavy atom. The Bertz CT molecular complexity index is 375. The number of carbonyl (C=O) groups excluding carboxylic acids is 2. The highest BCUT2D eigenvalue weighted by Crippen LogP contribution is 2.19. The van der Waals surface area contributed by atoms with Gasteiger partial charge in [-0.25, -0.2) is 0 Å². The van der Waals surface area contributed by atoms with Gasteiger partial charge in [0.25, 0.3) is 5.91 Å². The van der Waals surface area contributed by atoms with Gasteiger partial charge in [-0.3, -0.25) is 14.9 Å². The number of amides is 2. The molecule has 1 aliphatic rings. The van der Waals surface area contributed by atoms with E-state index in [2.05, 4.69) is 5.32 Å². The molecule has 1 saturated heterocycles. The van der Waals surface area contributed by atoms with E-state index >= 15 is 0 Å². The molecule has 4 nitrogen and oxygen atoms in total. The molecule has 78 valence electrons. The van der Waals surface area contributed by atoms with Crippen molar-refractivity contribution in [3.8, 4) is 0 Å². The van der Waals surface area contributed by atoms with Crippen LogP contribution in [-0.2, 0) is 14.3 Å². The van der Waals surface area contributed by atoms with Crippen LogP contribution in [0.15, 0.2) is 30.3 Å². The lowest BCUT2D eigenvalue weighted by Gasteiger charge is -2.12. The first-order chi connectivity index (χ1) is 7.27. The fraction of sp³-hybridized carbons (Fsp3) is 0.273. The van der Waals surface area contributed by atoms with Crippen LogP contribution in [0.3, 0.4) is 0 Å². The molecule has 2 rings (SSSR count). The van der Waals surface area contributed by atoms with E-state index in [1.807, 2.05) is 18.2 Å². The maximum absolute atomic E-state index is 11.6. The summed E-state index contributed by atoms with van der Waals surface area (Å²) >= 11 is 0. The van der Waals surface area contributed by atoms with Crippen LogP contribution in [0.1, 0.15) is 18.1 Å². The summed E-state index contributed by atoms with van der Waals surface area (Å²) in [7, 11) is 0. The van der Waals surface area contributed by atoms with Crippen molar-refractivity contribution < 1.29 is 14.3 Å². The standard InChI is InChI=1S/C11H11NO3/c13-9-6-7-15-10(11(14)12-9)8-4-2-1-3-5-8/h1-5,10H,6-7H2,(H,12,13,14). The zero-order valence-corrected chi connectivity index (χ0v) is 8.10. The van der Waals surface area contributed by atoms with Gasteiger partial charge in [0.1, 0.15) is 0 Å². The van der Waals surface area contributed by atoms with E-state index in [1.54, 1.807) is 12.1 Å². The lowest BCUT2D eigenvalue weighted by atomic mass is 10.1. The van der Waals surface area contributed by atoms with E-state index in [-0.39, 0.29) is 24.8 Å². The summed E-state index contributed by atoms with van der Waals surface area (Å²) in [6.07, 6.45) is -0.438. The molecule has 1 aromatic carbocycles. The maximum Gasteiger partial charge on any atom is 0.260 e. The summed E-state index contributed by atoms with van der Waals surface area (Å²) < 4.78 is 5.34. The number of carbonyl (C=O) groups is 2. The molecule has 1 fully saturated rings. The van der Waals surface area contributed by atoms with Crippen molar-refractivity contribution in [2.75, 3.05) is 6.61 Å². The molecular weight excluding hydrogens is 194 g/mol. The van der Waals surface area contributed by atoms with Gasteiger partial charge in [-0.05, 0) is 5.56 Å². The molecule has 0 bridgehead atoms. The van der Waals surface area contributed by atoms with Crippen molar-refractivity contribution in [2.45, 2.75) is 12.5 Å². The van der Waals surface area contributed by atoms with Gasteiger partial charge in [-0.15, -0.1) is 0 Å². The van der Waals surface area contributed by atoms with Crippen LogP contribution in [0.4, 0.5) is 0 Å².